The number of aliphatic hydroxyl groups excluding tert-OH is 1. The molecular formula is C26H48O5Si. The Balaban J connectivity index is 1.74. The minimum Gasteiger partial charge on any atom is -0.413 e. The second kappa shape index (κ2) is 7.04. The maximum atomic E-state index is 12.1. The van der Waals surface area contributed by atoms with Crippen LogP contribution in [0.15, 0.2) is 0 Å². The van der Waals surface area contributed by atoms with E-state index in [1.807, 2.05) is 6.92 Å². The molecule has 0 aromatic heterocycles. The first-order valence-corrected chi connectivity index (χ1v) is 15.7. The monoisotopic (exact) mass is 468 g/mol. The van der Waals surface area contributed by atoms with Crippen molar-refractivity contribution in [3.05, 3.63) is 0 Å². The van der Waals surface area contributed by atoms with Gasteiger partial charge in [-0.15, -0.1) is 0 Å². The zero-order valence-electron chi connectivity index (χ0n) is 21.8. The lowest BCUT2D eigenvalue weighted by Crippen LogP contribution is -2.58. The Morgan fingerprint density at radius 3 is 1.97 bits per heavy atom. The van der Waals surface area contributed by atoms with Crippen LogP contribution < -0.4 is 0 Å². The van der Waals surface area contributed by atoms with Gasteiger partial charge in [-0.25, -0.2) is 0 Å². The van der Waals surface area contributed by atoms with E-state index in [-0.39, 0.29) is 52.6 Å². The average molecular weight is 469 g/mol. The molecule has 4 N–H and O–H groups in total. The predicted molar refractivity (Wildman–Crippen MR) is 129 cm³/mol. The van der Waals surface area contributed by atoms with Crippen molar-refractivity contribution in [1.82, 2.24) is 0 Å². The van der Waals surface area contributed by atoms with Crippen molar-refractivity contribution in [3.63, 3.8) is 0 Å². The fourth-order valence-electron chi connectivity index (χ4n) is 8.23. The Labute approximate surface area is 196 Å². The zero-order valence-corrected chi connectivity index (χ0v) is 22.8. The molecule has 4 fully saturated rings. The van der Waals surface area contributed by atoms with Crippen LogP contribution in [-0.4, -0.2) is 57.8 Å². The molecule has 10 atom stereocenters. The van der Waals surface area contributed by atoms with Crippen LogP contribution in [0, 0.1) is 35.0 Å². The van der Waals surface area contributed by atoms with Crippen molar-refractivity contribution in [3.8, 4) is 0 Å². The first kappa shape index (κ1) is 25.1. The molecule has 0 radical (unpaired) electrons. The van der Waals surface area contributed by atoms with Gasteiger partial charge in [0.1, 0.15) is 0 Å². The maximum absolute atomic E-state index is 12.1. The molecular weight excluding hydrogens is 420 g/mol. The molecule has 4 aliphatic rings. The van der Waals surface area contributed by atoms with Crippen LogP contribution in [-0.2, 0) is 4.43 Å². The van der Waals surface area contributed by atoms with Gasteiger partial charge in [0.05, 0.1) is 29.0 Å². The van der Waals surface area contributed by atoms with Crippen LogP contribution in [0.1, 0.15) is 80.6 Å². The van der Waals surface area contributed by atoms with E-state index in [1.54, 1.807) is 6.92 Å². The number of hydrogen-bond acceptors (Lipinski definition) is 5. The predicted octanol–water partition coefficient (Wildman–Crippen LogP) is 4.08. The van der Waals surface area contributed by atoms with Gasteiger partial charge < -0.3 is 24.9 Å². The van der Waals surface area contributed by atoms with Crippen LogP contribution in [0.4, 0.5) is 0 Å². The van der Waals surface area contributed by atoms with E-state index in [0.717, 1.165) is 19.3 Å². The number of fused-ring (bicyclic) bond motifs is 1. The molecule has 4 aliphatic carbocycles. The molecule has 0 heterocycles. The van der Waals surface area contributed by atoms with Crippen LogP contribution in [0.3, 0.4) is 0 Å². The summed E-state index contributed by atoms with van der Waals surface area (Å²) >= 11 is 0. The van der Waals surface area contributed by atoms with Crippen molar-refractivity contribution in [2.24, 2.45) is 35.0 Å². The van der Waals surface area contributed by atoms with Crippen LogP contribution in [0.5, 0.6) is 0 Å². The maximum Gasteiger partial charge on any atom is 0.192 e. The standard InChI is InChI=1S/C26H48O5Si/c1-22(2,3)32(8,9)31-20-13-18-17(23(20,4)5)12-19(27)26(30)14-24(6,28)15-10-11-16(21(15)26)25(18,7)29/h15-21,27-30H,10-14H2,1-9H3/t15-,16-,17-,18-,19+,20+,21-,24-,25-,26-/m1/s1. The second-order valence-electron chi connectivity index (χ2n) is 14.5. The Morgan fingerprint density at radius 2 is 1.41 bits per heavy atom. The van der Waals surface area contributed by atoms with Crippen LogP contribution in [0.25, 0.3) is 0 Å². The van der Waals surface area contributed by atoms with Crippen LogP contribution in [0.2, 0.25) is 18.1 Å². The van der Waals surface area contributed by atoms with Crippen molar-refractivity contribution in [2.75, 3.05) is 0 Å². The summed E-state index contributed by atoms with van der Waals surface area (Å²) in [7, 11) is -2.01. The van der Waals surface area contributed by atoms with E-state index in [4.69, 9.17) is 4.43 Å². The highest BCUT2D eigenvalue weighted by Gasteiger charge is 2.71. The average Bonchev–Trinajstić information content (AvgIpc) is 3.21. The summed E-state index contributed by atoms with van der Waals surface area (Å²) in [5.41, 5.74) is -3.55. The summed E-state index contributed by atoms with van der Waals surface area (Å²) in [5.74, 6) is -0.440. The highest BCUT2D eigenvalue weighted by Crippen LogP contribution is 2.67. The smallest absolute Gasteiger partial charge is 0.192 e. The molecule has 4 rings (SSSR count). The Kier molecular flexibility index (Phi) is 5.52. The fourth-order valence-corrected chi connectivity index (χ4v) is 9.70. The lowest BCUT2D eigenvalue weighted by molar-refractivity contribution is -0.185. The molecule has 186 valence electrons. The van der Waals surface area contributed by atoms with Gasteiger partial charge in [-0.05, 0) is 86.7 Å². The van der Waals surface area contributed by atoms with E-state index in [0.29, 0.717) is 6.42 Å². The summed E-state index contributed by atoms with van der Waals surface area (Å²) in [6, 6.07) is 0. The van der Waals surface area contributed by atoms with E-state index >= 15 is 0 Å². The third-order valence-electron chi connectivity index (χ3n) is 11.2. The van der Waals surface area contributed by atoms with E-state index in [1.165, 1.54) is 0 Å². The van der Waals surface area contributed by atoms with E-state index in [9.17, 15) is 20.4 Å². The summed E-state index contributed by atoms with van der Waals surface area (Å²) in [4.78, 5) is 0. The van der Waals surface area contributed by atoms with Crippen molar-refractivity contribution >= 4 is 8.32 Å². The fraction of sp³-hybridized carbons (Fsp3) is 1.00. The number of hydrogen-bond donors (Lipinski definition) is 4. The van der Waals surface area contributed by atoms with Gasteiger partial charge in [-0.3, -0.25) is 0 Å². The minimum absolute atomic E-state index is 0.000711. The molecule has 32 heavy (non-hydrogen) atoms. The topological polar surface area (TPSA) is 90.2 Å². The molecule has 0 amide bonds. The molecule has 0 bridgehead atoms. The van der Waals surface area contributed by atoms with Gasteiger partial charge in [0.15, 0.2) is 8.32 Å². The molecule has 0 aromatic rings. The molecule has 0 unspecified atom stereocenters. The SMILES string of the molecule is CC1(C)[C@@H](O[Si](C)(C)C(C)(C)C)C[C@@H]2[C@H]1C[C@H](O)[C@]1(O)C[C@@](C)(O)[C@@H]3CC[C@H]([C@@H]31)[C@@]2(C)O. The molecule has 5 nitrogen and oxygen atoms in total. The minimum atomic E-state index is -2.01. The summed E-state index contributed by atoms with van der Waals surface area (Å²) in [5, 5.41) is 46.7. The van der Waals surface area contributed by atoms with Crippen molar-refractivity contribution < 1.29 is 24.9 Å². The molecule has 0 aromatic carbocycles. The van der Waals surface area contributed by atoms with Gasteiger partial charge in [0, 0.05) is 12.3 Å². The lowest BCUT2D eigenvalue weighted by Gasteiger charge is -2.51. The molecule has 6 heteroatoms. The van der Waals surface area contributed by atoms with Crippen molar-refractivity contribution in [1.29, 1.82) is 0 Å². The number of rotatable bonds is 2. The first-order chi connectivity index (χ1) is 14.3. The van der Waals surface area contributed by atoms with E-state index in [2.05, 4.69) is 47.7 Å². The third-order valence-corrected chi connectivity index (χ3v) is 15.7. The van der Waals surface area contributed by atoms with Crippen LogP contribution >= 0.6 is 0 Å². The summed E-state index contributed by atoms with van der Waals surface area (Å²) in [6.45, 7) is 19.6. The quantitative estimate of drug-likeness (QED) is 0.459. The molecule has 0 spiro atoms. The Hall–Kier alpha value is 0.0169. The highest BCUT2D eigenvalue weighted by atomic mass is 28.4. The molecule has 0 saturated heterocycles. The van der Waals surface area contributed by atoms with Gasteiger partial charge in [-0.2, -0.15) is 0 Å². The lowest BCUT2D eigenvalue weighted by atomic mass is 9.59. The summed E-state index contributed by atoms with van der Waals surface area (Å²) < 4.78 is 6.96. The number of aliphatic hydroxyl groups is 4. The summed E-state index contributed by atoms with van der Waals surface area (Å²) in [6.07, 6.45) is 2.10. The van der Waals surface area contributed by atoms with Gasteiger partial charge >= 0.3 is 0 Å². The second-order valence-corrected chi connectivity index (χ2v) is 19.2. The van der Waals surface area contributed by atoms with Gasteiger partial charge in [-0.1, -0.05) is 34.6 Å². The van der Waals surface area contributed by atoms with Crippen molar-refractivity contribution in [2.45, 2.75) is 128 Å². The Bertz CT molecular complexity index is 754. The molecule has 4 saturated carbocycles. The normalized spacial score (nSPS) is 53.0. The van der Waals surface area contributed by atoms with E-state index < -0.39 is 31.2 Å². The molecule has 0 aliphatic heterocycles. The third kappa shape index (κ3) is 3.34. The first-order valence-electron chi connectivity index (χ1n) is 12.8. The van der Waals surface area contributed by atoms with Gasteiger partial charge in [0.2, 0.25) is 0 Å². The Morgan fingerprint density at radius 1 is 0.844 bits per heavy atom. The highest BCUT2D eigenvalue weighted by molar-refractivity contribution is 6.74. The largest absolute Gasteiger partial charge is 0.413 e. The zero-order chi connectivity index (χ0) is 24.3. The van der Waals surface area contributed by atoms with Gasteiger partial charge in [0.25, 0.3) is 0 Å².